The predicted molar refractivity (Wildman–Crippen MR) is 149 cm³/mol. The van der Waals surface area contributed by atoms with E-state index in [1.165, 1.54) is 0 Å². The quantitative estimate of drug-likeness (QED) is 0.285. The van der Waals surface area contributed by atoms with Crippen LogP contribution in [0.25, 0.3) is 22.5 Å². The number of aryl methyl sites for hydroxylation is 1. The third kappa shape index (κ3) is 5.62. The smallest absolute Gasteiger partial charge is 0.314 e. The highest BCUT2D eigenvalue weighted by atomic mass is 16.5. The maximum absolute atomic E-state index is 12.6. The van der Waals surface area contributed by atoms with Gasteiger partial charge in [-0.1, -0.05) is 80.5 Å². The van der Waals surface area contributed by atoms with Gasteiger partial charge in [0.25, 0.3) is 5.91 Å². The number of rotatable bonds is 8. The molecule has 1 aliphatic rings. The van der Waals surface area contributed by atoms with Crippen molar-refractivity contribution in [2.24, 2.45) is 5.41 Å². The molecule has 7 nitrogen and oxygen atoms in total. The van der Waals surface area contributed by atoms with Gasteiger partial charge in [0.05, 0.1) is 11.1 Å². The third-order valence-electron chi connectivity index (χ3n) is 7.24. The van der Waals surface area contributed by atoms with E-state index in [0.29, 0.717) is 37.3 Å². The van der Waals surface area contributed by atoms with Crippen molar-refractivity contribution in [3.63, 3.8) is 0 Å². The summed E-state index contributed by atoms with van der Waals surface area (Å²) in [6, 6.07) is 21.3. The Labute approximate surface area is 228 Å². The predicted octanol–water partition coefficient (Wildman–Crippen LogP) is 6.19. The molecule has 1 fully saturated rings. The number of aromatic nitrogens is 2. The minimum Gasteiger partial charge on any atom is -0.481 e. The van der Waals surface area contributed by atoms with Gasteiger partial charge in [-0.25, -0.2) is 4.98 Å². The van der Waals surface area contributed by atoms with Crippen LogP contribution in [0, 0.1) is 12.3 Å². The van der Waals surface area contributed by atoms with Crippen LogP contribution in [0.2, 0.25) is 0 Å². The molecule has 1 aliphatic carbocycles. The number of nitrogens with one attached hydrogen (secondary N) is 1. The number of carboxylic acid groups (broad SMARTS) is 1. The number of aliphatic carboxylic acids is 1. The van der Waals surface area contributed by atoms with Crippen LogP contribution in [-0.2, 0) is 16.6 Å². The highest BCUT2D eigenvalue weighted by molar-refractivity contribution is 5.92. The Morgan fingerprint density at radius 2 is 1.56 bits per heavy atom. The first-order valence-electron chi connectivity index (χ1n) is 13.2. The molecule has 4 aromatic rings. The molecule has 0 aliphatic heterocycles. The summed E-state index contributed by atoms with van der Waals surface area (Å²) in [7, 11) is 0. The average molecular weight is 524 g/mol. The zero-order valence-corrected chi connectivity index (χ0v) is 22.7. The van der Waals surface area contributed by atoms with Gasteiger partial charge >= 0.3 is 5.97 Å². The molecule has 7 heteroatoms. The maximum atomic E-state index is 12.6. The Morgan fingerprint density at radius 3 is 2.15 bits per heavy atom. The fraction of sp³-hybridized carbons (Fsp3) is 0.312. The summed E-state index contributed by atoms with van der Waals surface area (Å²) in [5, 5.41) is 16.7. The van der Waals surface area contributed by atoms with E-state index in [0.717, 1.165) is 39.2 Å². The molecule has 0 spiro atoms. The monoisotopic (exact) mass is 523 g/mol. The van der Waals surface area contributed by atoms with E-state index >= 15 is 0 Å². The molecule has 1 saturated carbocycles. The summed E-state index contributed by atoms with van der Waals surface area (Å²) in [6.45, 7) is 8.68. The van der Waals surface area contributed by atoms with Crippen molar-refractivity contribution < 1.29 is 19.2 Å². The molecule has 200 valence electrons. The van der Waals surface area contributed by atoms with Gasteiger partial charge in [0.1, 0.15) is 5.69 Å². The molecular weight excluding hydrogens is 490 g/mol. The lowest BCUT2D eigenvalue weighted by Gasteiger charge is -2.18. The van der Waals surface area contributed by atoms with Crippen molar-refractivity contribution in [1.29, 1.82) is 0 Å². The zero-order chi connectivity index (χ0) is 27.8. The fourth-order valence-electron chi connectivity index (χ4n) is 4.69. The molecule has 5 rings (SSSR count). The van der Waals surface area contributed by atoms with Crippen LogP contribution in [-0.4, -0.2) is 33.7 Å². The Kier molecular flexibility index (Phi) is 6.85. The van der Waals surface area contributed by atoms with Crippen LogP contribution in [0.1, 0.15) is 66.6 Å². The molecule has 0 radical (unpaired) electrons. The Hall–Kier alpha value is -4.26. The summed E-state index contributed by atoms with van der Waals surface area (Å²) in [6.07, 6.45) is 1.87. The lowest BCUT2D eigenvalue weighted by Crippen LogP contribution is -2.32. The Morgan fingerprint density at radius 1 is 0.949 bits per heavy atom. The number of carbonyl (C=O) groups excluding carboxylic acids is 1. The SMILES string of the molecule is Cc1noc(-c2ccc(-c3ccc(C4(C(=O)O)CC4)cc3)cc2)c1Cc1cccc(C(=O)NCC(C)(C)C)n1. The summed E-state index contributed by atoms with van der Waals surface area (Å²) < 4.78 is 5.72. The van der Waals surface area contributed by atoms with Gasteiger partial charge in [-0.3, -0.25) is 9.59 Å². The second-order valence-electron chi connectivity index (χ2n) is 11.6. The summed E-state index contributed by atoms with van der Waals surface area (Å²) in [4.78, 5) is 28.8. The van der Waals surface area contributed by atoms with E-state index in [1.54, 1.807) is 6.07 Å². The Balaban J connectivity index is 1.33. The molecule has 0 bridgehead atoms. The molecule has 2 N–H and O–H groups in total. The van der Waals surface area contributed by atoms with E-state index in [9.17, 15) is 14.7 Å². The minimum absolute atomic E-state index is 0.0134. The van der Waals surface area contributed by atoms with Crippen molar-refractivity contribution in [1.82, 2.24) is 15.5 Å². The van der Waals surface area contributed by atoms with E-state index in [-0.39, 0.29) is 11.3 Å². The van der Waals surface area contributed by atoms with Crippen LogP contribution < -0.4 is 5.32 Å². The van der Waals surface area contributed by atoms with Crippen molar-refractivity contribution in [2.45, 2.75) is 52.4 Å². The van der Waals surface area contributed by atoms with E-state index < -0.39 is 11.4 Å². The lowest BCUT2D eigenvalue weighted by molar-refractivity contribution is -0.140. The number of hydrogen-bond donors (Lipinski definition) is 2. The number of amides is 1. The van der Waals surface area contributed by atoms with Gasteiger partial charge in [0, 0.05) is 29.8 Å². The number of carboxylic acids is 1. The third-order valence-corrected chi connectivity index (χ3v) is 7.24. The van der Waals surface area contributed by atoms with Gasteiger partial charge in [0.2, 0.25) is 0 Å². The molecule has 2 aromatic heterocycles. The van der Waals surface area contributed by atoms with Gasteiger partial charge in [0.15, 0.2) is 5.76 Å². The summed E-state index contributed by atoms with van der Waals surface area (Å²) in [5.41, 5.74) is 5.95. The van der Waals surface area contributed by atoms with Gasteiger partial charge in [-0.05, 0) is 54.0 Å². The normalized spacial score (nSPS) is 14.2. The molecule has 39 heavy (non-hydrogen) atoms. The molecule has 2 heterocycles. The number of nitrogens with zero attached hydrogens (tertiary/aromatic N) is 2. The molecule has 1 amide bonds. The molecule has 0 saturated heterocycles. The highest BCUT2D eigenvalue weighted by Gasteiger charge is 2.51. The van der Waals surface area contributed by atoms with E-state index in [4.69, 9.17) is 4.52 Å². The first kappa shape index (κ1) is 26.4. The average Bonchev–Trinajstić information content (AvgIpc) is 3.67. The number of benzene rings is 2. The second kappa shape index (κ2) is 10.1. The van der Waals surface area contributed by atoms with Gasteiger partial charge in [-0.2, -0.15) is 0 Å². The topological polar surface area (TPSA) is 105 Å². The van der Waals surface area contributed by atoms with Crippen molar-refractivity contribution >= 4 is 11.9 Å². The number of carbonyl (C=O) groups is 2. The van der Waals surface area contributed by atoms with Crippen LogP contribution in [0.15, 0.2) is 71.3 Å². The van der Waals surface area contributed by atoms with Gasteiger partial charge in [-0.15, -0.1) is 0 Å². The summed E-state index contributed by atoms with van der Waals surface area (Å²) >= 11 is 0. The number of hydrogen-bond acceptors (Lipinski definition) is 5. The highest BCUT2D eigenvalue weighted by Crippen LogP contribution is 2.48. The first-order chi connectivity index (χ1) is 18.6. The largest absolute Gasteiger partial charge is 0.481 e. The number of pyridine rings is 1. The van der Waals surface area contributed by atoms with E-state index in [2.05, 4.69) is 36.2 Å². The van der Waals surface area contributed by atoms with Crippen LogP contribution in [0.5, 0.6) is 0 Å². The molecular formula is C32H33N3O4. The maximum Gasteiger partial charge on any atom is 0.314 e. The summed E-state index contributed by atoms with van der Waals surface area (Å²) in [5.74, 6) is -0.257. The first-order valence-corrected chi connectivity index (χ1v) is 13.2. The fourth-order valence-corrected chi connectivity index (χ4v) is 4.69. The van der Waals surface area contributed by atoms with Crippen LogP contribution >= 0.6 is 0 Å². The lowest BCUT2D eigenvalue weighted by atomic mass is 9.93. The van der Waals surface area contributed by atoms with Crippen molar-refractivity contribution in [2.75, 3.05) is 6.54 Å². The molecule has 0 atom stereocenters. The van der Waals surface area contributed by atoms with Gasteiger partial charge < -0.3 is 14.9 Å². The molecule has 0 unspecified atom stereocenters. The van der Waals surface area contributed by atoms with Crippen molar-refractivity contribution in [3.8, 4) is 22.5 Å². The minimum atomic E-state index is -0.747. The standard InChI is InChI=1S/C32H33N3O4/c1-20-26(18-25-6-5-7-27(34-25)29(36)33-19-31(2,3)4)28(39-35-20)23-10-8-21(9-11-23)22-12-14-24(15-13-22)32(16-17-32)30(37)38/h5-15H,16-19H2,1-4H3,(H,33,36)(H,37,38). The molecule has 2 aromatic carbocycles. The van der Waals surface area contributed by atoms with Crippen molar-refractivity contribution in [3.05, 3.63) is 94.9 Å². The van der Waals surface area contributed by atoms with Crippen LogP contribution in [0.4, 0.5) is 0 Å². The zero-order valence-electron chi connectivity index (χ0n) is 22.7. The van der Waals surface area contributed by atoms with Crippen LogP contribution in [0.3, 0.4) is 0 Å². The van der Waals surface area contributed by atoms with E-state index in [1.807, 2.05) is 67.6 Å². The second-order valence-corrected chi connectivity index (χ2v) is 11.6. The Bertz CT molecular complexity index is 1510.